The third-order valence-electron chi connectivity index (χ3n) is 4.41. The Kier molecular flexibility index (Phi) is 6.02. The van der Waals surface area contributed by atoms with Crippen LogP contribution < -0.4 is 10.1 Å². The summed E-state index contributed by atoms with van der Waals surface area (Å²) < 4.78 is 43.3. The molecule has 1 aromatic heterocycles. The monoisotopic (exact) mass is 390 g/mol. The number of alkyl halides is 3. The van der Waals surface area contributed by atoms with Crippen molar-refractivity contribution in [2.45, 2.75) is 32.0 Å². The summed E-state index contributed by atoms with van der Waals surface area (Å²) in [5.41, 5.74) is 0.472. The molecule has 0 aliphatic heterocycles. The summed E-state index contributed by atoms with van der Waals surface area (Å²) in [6, 6.07) is 7.91. The molecule has 0 bridgehead atoms. The van der Waals surface area contributed by atoms with Gasteiger partial charge in [0.25, 0.3) is 0 Å². The van der Waals surface area contributed by atoms with Gasteiger partial charge in [-0.25, -0.2) is 0 Å². The van der Waals surface area contributed by atoms with Crippen molar-refractivity contribution in [2.24, 2.45) is 5.92 Å². The van der Waals surface area contributed by atoms with Crippen molar-refractivity contribution in [1.82, 2.24) is 10.3 Å². The Hall–Kier alpha value is -2.83. The SMILES string of the molecule is CC(NC(=O)C=Cc1ccc(C(F)(F)F)cc1)c1ccc(OCC2CC2)cn1. The van der Waals surface area contributed by atoms with E-state index in [0.717, 1.165) is 12.1 Å². The van der Waals surface area contributed by atoms with Gasteiger partial charge in [0, 0.05) is 6.08 Å². The Morgan fingerprint density at radius 3 is 2.54 bits per heavy atom. The Morgan fingerprint density at radius 2 is 1.96 bits per heavy atom. The van der Waals surface area contributed by atoms with E-state index in [0.29, 0.717) is 29.5 Å². The average Bonchev–Trinajstić information content (AvgIpc) is 3.49. The summed E-state index contributed by atoms with van der Waals surface area (Å²) in [6.45, 7) is 2.51. The summed E-state index contributed by atoms with van der Waals surface area (Å²) in [4.78, 5) is 16.4. The Morgan fingerprint density at radius 1 is 1.25 bits per heavy atom. The standard InChI is InChI=1S/C21H21F3N2O2/c1-14(19-10-9-18(12-25-19)28-13-16-2-3-16)26-20(27)11-6-15-4-7-17(8-5-15)21(22,23)24/h4-12,14,16H,2-3,13H2,1H3,(H,26,27). The molecule has 1 atom stereocenters. The number of ether oxygens (including phenoxy) is 1. The lowest BCUT2D eigenvalue weighted by molar-refractivity contribution is -0.137. The van der Waals surface area contributed by atoms with Crippen LogP contribution in [-0.2, 0) is 11.0 Å². The van der Waals surface area contributed by atoms with Crippen LogP contribution in [0.1, 0.15) is 42.6 Å². The fraction of sp³-hybridized carbons (Fsp3) is 0.333. The minimum atomic E-state index is -4.37. The van der Waals surface area contributed by atoms with Crippen molar-refractivity contribution < 1.29 is 22.7 Å². The zero-order chi connectivity index (χ0) is 20.1. The number of rotatable bonds is 7. The molecule has 1 aliphatic carbocycles. The first-order chi connectivity index (χ1) is 13.3. The van der Waals surface area contributed by atoms with E-state index < -0.39 is 11.7 Å². The van der Waals surface area contributed by atoms with E-state index in [9.17, 15) is 18.0 Å². The number of halogens is 3. The van der Waals surface area contributed by atoms with Gasteiger partial charge in [-0.1, -0.05) is 12.1 Å². The van der Waals surface area contributed by atoms with Crippen LogP contribution in [0.5, 0.6) is 5.75 Å². The summed E-state index contributed by atoms with van der Waals surface area (Å²) in [5.74, 6) is 1.01. The molecular formula is C21H21F3N2O2. The molecule has 1 unspecified atom stereocenters. The number of nitrogens with one attached hydrogen (secondary N) is 1. The van der Waals surface area contributed by atoms with E-state index in [-0.39, 0.29) is 11.9 Å². The van der Waals surface area contributed by atoms with Crippen molar-refractivity contribution in [2.75, 3.05) is 6.61 Å². The maximum Gasteiger partial charge on any atom is 0.416 e. The minimum Gasteiger partial charge on any atom is -0.492 e. The number of nitrogens with zero attached hydrogens (tertiary/aromatic N) is 1. The number of carbonyl (C=O) groups is 1. The van der Waals surface area contributed by atoms with Gasteiger partial charge in [0.15, 0.2) is 0 Å². The Labute approximate surface area is 161 Å². The van der Waals surface area contributed by atoms with E-state index in [1.807, 2.05) is 6.07 Å². The first-order valence-corrected chi connectivity index (χ1v) is 9.06. The molecule has 1 amide bonds. The molecule has 0 radical (unpaired) electrons. The topological polar surface area (TPSA) is 51.2 Å². The molecule has 2 aromatic rings. The lowest BCUT2D eigenvalue weighted by Gasteiger charge is -2.13. The number of hydrogen-bond donors (Lipinski definition) is 1. The van der Waals surface area contributed by atoms with Crippen molar-refractivity contribution in [3.63, 3.8) is 0 Å². The van der Waals surface area contributed by atoms with Crippen molar-refractivity contribution in [3.8, 4) is 5.75 Å². The summed E-state index contributed by atoms with van der Waals surface area (Å²) in [6.07, 6.45) is 2.44. The van der Waals surface area contributed by atoms with Crippen molar-refractivity contribution >= 4 is 12.0 Å². The van der Waals surface area contributed by atoms with Crippen LogP contribution in [0.2, 0.25) is 0 Å². The number of pyridine rings is 1. The molecule has 1 fully saturated rings. The molecule has 1 N–H and O–H groups in total. The van der Waals surface area contributed by atoms with E-state index >= 15 is 0 Å². The van der Waals surface area contributed by atoms with Crippen molar-refractivity contribution in [1.29, 1.82) is 0 Å². The molecule has 1 saturated carbocycles. The summed E-state index contributed by atoms with van der Waals surface area (Å²) in [7, 11) is 0. The van der Waals surface area contributed by atoms with E-state index in [4.69, 9.17) is 4.74 Å². The summed E-state index contributed by atoms with van der Waals surface area (Å²) >= 11 is 0. The lowest BCUT2D eigenvalue weighted by Crippen LogP contribution is -2.25. The van der Waals surface area contributed by atoms with Gasteiger partial charge in [-0.2, -0.15) is 13.2 Å². The van der Waals surface area contributed by atoms with Gasteiger partial charge in [0.1, 0.15) is 5.75 Å². The molecule has 1 aromatic carbocycles. The third kappa shape index (κ3) is 5.84. The number of carbonyl (C=O) groups excluding carboxylic acids is 1. The molecule has 1 aliphatic rings. The van der Waals surface area contributed by atoms with Crippen LogP contribution in [-0.4, -0.2) is 17.5 Å². The van der Waals surface area contributed by atoms with E-state index in [1.54, 1.807) is 19.2 Å². The van der Waals surface area contributed by atoms with Crippen LogP contribution in [0, 0.1) is 5.92 Å². The van der Waals surface area contributed by atoms with Gasteiger partial charge >= 0.3 is 6.18 Å². The van der Waals surface area contributed by atoms with Gasteiger partial charge in [0.2, 0.25) is 5.91 Å². The third-order valence-corrected chi connectivity index (χ3v) is 4.41. The van der Waals surface area contributed by atoms with Crippen LogP contribution in [0.3, 0.4) is 0 Å². The predicted octanol–water partition coefficient (Wildman–Crippen LogP) is 4.78. The van der Waals surface area contributed by atoms with Gasteiger partial charge in [-0.3, -0.25) is 9.78 Å². The minimum absolute atomic E-state index is 0.317. The van der Waals surface area contributed by atoms with Crippen LogP contribution in [0.4, 0.5) is 13.2 Å². The lowest BCUT2D eigenvalue weighted by atomic mass is 10.1. The van der Waals surface area contributed by atoms with E-state index in [2.05, 4.69) is 10.3 Å². The number of hydrogen-bond acceptors (Lipinski definition) is 3. The highest BCUT2D eigenvalue weighted by molar-refractivity contribution is 5.91. The van der Waals surface area contributed by atoms with Gasteiger partial charge in [0.05, 0.1) is 30.1 Å². The normalized spacial score (nSPS) is 15.4. The first-order valence-electron chi connectivity index (χ1n) is 9.06. The maximum absolute atomic E-state index is 12.5. The fourth-order valence-corrected chi connectivity index (χ4v) is 2.52. The zero-order valence-electron chi connectivity index (χ0n) is 15.4. The maximum atomic E-state index is 12.5. The van der Waals surface area contributed by atoms with Gasteiger partial charge < -0.3 is 10.1 Å². The molecule has 28 heavy (non-hydrogen) atoms. The Bertz CT molecular complexity index is 826. The number of amides is 1. The van der Waals surface area contributed by atoms with Crippen molar-refractivity contribution in [3.05, 3.63) is 65.5 Å². The molecule has 0 spiro atoms. The van der Waals surface area contributed by atoms with Crippen LogP contribution >= 0.6 is 0 Å². The second-order valence-corrected chi connectivity index (χ2v) is 6.86. The Balaban J connectivity index is 1.51. The van der Waals surface area contributed by atoms with E-state index in [1.165, 1.54) is 37.1 Å². The molecule has 7 heteroatoms. The molecule has 1 heterocycles. The molecule has 0 saturated heterocycles. The highest BCUT2D eigenvalue weighted by Gasteiger charge is 2.29. The summed E-state index contributed by atoms with van der Waals surface area (Å²) in [5, 5.41) is 2.77. The van der Waals surface area contributed by atoms with Crippen LogP contribution in [0.15, 0.2) is 48.7 Å². The predicted molar refractivity (Wildman–Crippen MR) is 99.5 cm³/mol. The molecular weight excluding hydrogens is 369 g/mol. The number of aromatic nitrogens is 1. The number of benzene rings is 1. The second-order valence-electron chi connectivity index (χ2n) is 6.86. The molecule has 148 valence electrons. The first kappa shape index (κ1) is 19.9. The average molecular weight is 390 g/mol. The highest BCUT2D eigenvalue weighted by Crippen LogP contribution is 2.30. The fourth-order valence-electron chi connectivity index (χ4n) is 2.52. The smallest absolute Gasteiger partial charge is 0.416 e. The van der Waals surface area contributed by atoms with Gasteiger partial charge in [-0.15, -0.1) is 0 Å². The quantitative estimate of drug-likeness (QED) is 0.693. The highest BCUT2D eigenvalue weighted by atomic mass is 19.4. The largest absolute Gasteiger partial charge is 0.492 e. The zero-order valence-corrected chi connectivity index (χ0v) is 15.4. The molecule has 4 nitrogen and oxygen atoms in total. The van der Waals surface area contributed by atoms with Crippen LogP contribution in [0.25, 0.3) is 6.08 Å². The second kappa shape index (κ2) is 8.46. The molecule has 3 rings (SSSR count). The van der Waals surface area contributed by atoms with Gasteiger partial charge in [-0.05, 0) is 61.6 Å².